The van der Waals surface area contributed by atoms with Gasteiger partial charge in [-0.05, 0) is 72.4 Å². The van der Waals surface area contributed by atoms with E-state index in [-0.39, 0.29) is 22.8 Å². The summed E-state index contributed by atoms with van der Waals surface area (Å²) in [6, 6.07) is 4.74. The number of nitrogens with zero attached hydrogens (tertiary/aromatic N) is 1. The SMILES string of the molecule is CC(C)OC(=O)Nc1ccc(-c2cnc(C3CCC(OC(N)=O)(C4COC4)CC3)s2)c(S(=O)(=O)NC(C)(C)C)c1. The molecule has 1 saturated heterocycles. The van der Waals surface area contributed by atoms with Crippen LogP contribution < -0.4 is 15.8 Å². The third-order valence-electron chi connectivity index (χ3n) is 6.96. The Kier molecular flexibility index (Phi) is 8.79. The zero-order chi connectivity index (χ0) is 29.3. The predicted molar refractivity (Wildman–Crippen MR) is 152 cm³/mol. The minimum absolute atomic E-state index is 0.0301. The van der Waals surface area contributed by atoms with Crippen LogP contribution in [0.3, 0.4) is 0 Å². The highest BCUT2D eigenvalue weighted by Crippen LogP contribution is 2.47. The largest absolute Gasteiger partial charge is 0.447 e. The average molecular weight is 595 g/mol. The number of carbonyl (C=O) groups excluding carboxylic acids is 2. The van der Waals surface area contributed by atoms with Crippen molar-refractivity contribution < 1.29 is 32.2 Å². The topological polar surface area (TPSA) is 159 Å². The number of hydrogen-bond acceptors (Lipinski definition) is 9. The van der Waals surface area contributed by atoms with E-state index >= 15 is 0 Å². The summed E-state index contributed by atoms with van der Waals surface area (Å²) in [5.74, 6) is 0.282. The standard InChI is InChI=1S/C27H38N4O7S2/c1-16(2)37-25(33)30-19-6-7-20(22(12-19)40(34,35)31-26(3,4)5)21-13-29-23(39-21)17-8-10-27(11-9-17,38-24(28)32)18-14-36-15-18/h6-7,12-13,16-18,31H,8-11,14-15H2,1-5H3,(H2,28,32)(H,30,33). The molecule has 2 aliphatic rings. The van der Waals surface area contributed by atoms with Gasteiger partial charge in [-0.25, -0.2) is 27.7 Å². The summed E-state index contributed by atoms with van der Waals surface area (Å²) in [7, 11) is -3.96. The van der Waals surface area contributed by atoms with Gasteiger partial charge in [-0.15, -0.1) is 11.3 Å². The van der Waals surface area contributed by atoms with Crippen LogP contribution in [-0.4, -0.2) is 56.0 Å². The quantitative estimate of drug-likeness (QED) is 0.386. The molecule has 1 aromatic heterocycles. The molecule has 4 N–H and O–H groups in total. The Morgan fingerprint density at radius 3 is 2.42 bits per heavy atom. The molecule has 0 bridgehead atoms. The van der Waals surface area contributed by atoms with Gasteiger partial charge in [0, 0.05) is 34.8 Å². The summed E-state index contributed by atoms with van der Waals surface area (Å²) >= 11 is 1.44. The second kappa shape index (κ2) is 11.6. The molecule has 0 atom stereocenters. The Labute approximate surface area is 239 Å². The number of hydrogen-bond donors (Lipinski definition) is 3. The van der Waals surface area contributed by atoms with Crippen LogP contribution >= 0.6 is 11.3 Å². The van der Waals surface area contributed by atoms with Crippen LogP contribution in [0.15, 0.2) is 29.3 Å². The van der Waals surface area contributed by atoms with E-state index in [1.54, 1.807) is 52.9 Å². The fraction of sp³-hybridized carbons (Fsp3) is 0.593. The zero-order valence-corrected chi connectivity index (χ0v) is 25.1. The van der Waals surface area contributed by atoms with E-state index in [1.807, 2.05) is 0 Å². The van der Waals surface area contributed by atoms with E-state index in [9.17, 15) is 18.0 Å². The van der Waals surface area contributed by atoms with Crippen molar-refractivity contribution in [1.82, 2.24) is 9.71 Å². The minimum Gasteiger partial charge on any atom is -0.447 e. The zero-order valence-electron chi connectivity index (χ0n) is 23.5. The second-order valence-corrected chi connectivity index (χ2v) is 14.4. The Balaban J connectivity index is 1.60. The van der Waals surface area contributed by atoms with Crippen LogP contribution in [0.25, 0.3) is 10.4 Å². The lowest BCUT2D eigenvalue weighted by molar-refractivity contribution is -0.160. The summed E-state index contributed by atoms with van der Waals surface area (Å²) in [4.78, 5) is 29.2. The van der Waals surface area contributed by atoms with Gasteiger partial charge in [-0.1, -0.05) is 6.07 Å². The molecule has 1 aliphatic carbocycles. The van der Waals surface area contributed by atoms with E-state index in [4.69, 9.17) is 19.9 Å². The van der Waals surface area contributed by atoms with Crippen LogP contribution in [0.2, 0.25) is 0 Å². The first-order chi connectivity index (χ1) is 18.7. The number of rotatable bonds is 8. The number of thiazole rings is 1. The lowest BCUT2D eigenvalue weighted by atomic mass is 9.71. The Hall–Kier alpha value is -2.74. The highest BCUT2D eigenvalue weighted by atomic mass is 32.2. The first-order valence-electron chi connectivity index (χ1n) is 13.4. The molecule has 220 valence electrons. The minimum atomic E-state index is -3.96. The molecule has 0 spiro atoms. The molecule has 4 rings (SSSR count). The van der Waals surface area contributed by atoms with E-state index in [0.29, 0.717) is 42.2 Å². The number of carbonyl (C=O) groups is 2. The molecule has 1 aromatic carbocycles. The number of sulfonamides is 1. The highest BCUT2D eigenvalue weighted by Gasteiger charge is 2.48. The van der Waals surface area contributed by atoms with E-state index in [1.165, 1.54) is 17.4 Å². The first-order valence-corrected chi connectivity index (χ1v) is 15.7. The molecule has 1 saturated carbocycles. The molecule has 2 fully saturated rings. The fourth-order valence-electron chi connectivity index (χ4n) is 5.13. The number of nitrogens with two attached hydrogens (primary N) is 1. The van der Waals surface area contributed by atoms with Crippen LogP contribution in [-0.2, 0) is 24.2 Å². The maximum atomic E-state index is 13.5. The average Bonchev–Trinajstić information content (AvgIpc) is 3.25. The van der Waals surface area contributed by atoms with Crippen LogP contribution in [0.1, 0.15) is 71.2 Å². The fourth-order valence-corrected chi connectivity index (χ4v) is 7.99. The third kappa shape index (κ3) is 7.12. The van der Waals surface area contributed by atoms with Crippen molar-refractivity contribution >= 4 is 39.2 Å². The van der Waals surface area contributed by atoms with Gasteiger partial charge in [0.1, 0.15) is 5.60 Å². The summed E-state index contributed by atoms with van der Waals surface area (Å²) in [6.45, 7) is 9.85. The van der Waals surface area contributed by atoms with E-state index in [0.717, 1.165) is 17.8 Å². The lowest BCUT2D eigenvalue weighted by Gasteiger charge is -2.47. The molecule has 1 aliphatic heterocycles. The maximum Gasteiger partial charge on any atom is 0.411 e. The molecule has 13 heteroatoms. The molecule has 40 heavy (non-hydrogen) atoms. The van der Waals surface area contributed by atoms with Gasteiger partial charge in [-0.3, -0.25) is 5.32 Å². The van der Waals surface area contributed by atoms with Crippen molar-refractivity contribution in [1.29, 1.82) is 0 Å². The van der Waals surface area contributed by atoms with Gasteiger partial charge in [0.2, 0.25) is 10.0 Å². The maximum absolute atomic E-state index is 13.5. The number of ether oxygens (including phenoxy) is 3. The number of primary amides is 1. The number of aromatic nitrogens is 1. The highest BCUT2D eigenvalue weighted by molar-refractivity contribution is 7.89. The van der Waals surface area contributed by atoms with Gasteiger partial charge < -0.3 is 19.9 Å². The van der Waals surface area contributed by atoms with Crippen molar-refractivity contribution in [3.63, 3.8) is 0 Å². The summed E-state index contributed by atoms with van der Waals surface area (Å²) in [5.41, 5.74) is 4.84. The molecular formula is C27H38N4O7S2. The monoisotopic (exact) mass is 594 g/mol. The van der Waals surface area contributed by atoms with Crippen molar-refractivity contribution in [3.05, 3.63) is 29.4 Å². The summed E-state index contributed by atoms with van der Waals surface area (Å²) in [6.07, 6.45) is 2.76. The number of nitrogens with one attached hydrogen (secondary N) is 2. The van der Waals surface area contributed by atoms with E-state index < -0.39 is 33.3 Å². The van der Waals surface area contributed by atoms with Gasteiger partial charge in [0.25, 0.3) is 0 Å². The molecule has 2 amide bonds. The number of anilines is 1. The van der Waals surface area contributed by atoms with Crippen molar-refractivity contribution in [3.8, 4) is 10.4 Å². The molecule has 11 nitrogen and oxygen atoms in total. The van der Waals surface area contributed by atoms with Crippen molar-refractivity contribution in [2.45, 2.75) is 88.4 Å². The van der Waals surface area contributed by atoms with Gasteiger partial charge in [-0.2, -0.15) is 0 Å². The molecule has 2 aromatic rings. The van der Waals surface area contributed by atoms with Crippen molar-refractivity contribution in [2.24, 2.45) is 11.7 Å². The Morgan fingerprint density at radius 2 is 1.88 bits per heavy atom. The van der Waals surface area contributed by atoms with Gasteiger partial charge in [0.15, 0.2) is 0 Å². The lowest BCUT2D eigenvalue weighted by Crippen LogP contribution is -2.53. The molecule has 2 heterocycles. The van der Waals surface area contributed by atoms with Crippen LogP contribution in [0.4, 0.5) is 15.3 Å². The second-order valence-electron chi connectivity index (χ2n) is 11.7. The summed E-state index contributed by atoms with van der Waals surface area (Å²) in [5, 5.41) is 3.50. The van der Waals surface area contributed by atoms with Crippen LogP contribution in [0, 0.1) is 5.92 Å². The first kappa shape index (κ1) is 30.2. The van der Waals surface area contributed by atoms with E-state index in [2.05, 4.69) is 15.0 Å². The molecule has 0 unspecified atom stereocenters. The number of benzene rings is 1. The Morgan fingerprint density at radius 1 is 1.20 bits per heavy atom. The smallest absolute Gasteiger partial charge is 0.411 e. The number of amides is 2. The normalized spacial score (nSPS) is 22.0. The Bertz CT molecular complexity index is 1340. The van der Waals surface area contributed by atoms with Crippen LogP contribution in [0.5, 0.6) is 0 Å². The molecular weight excluding hydrogens is 556 g/mol. The third-order valence-corrected chi connectivity index (χ3v) is 9.95. The molecule has 0 radical (unpaired) electrons. The van der Waals surface area contributed by atoms with Gasteiger partial charge in [0.05, 0.1) is 34.1 Å². The summed E-state index contributed by atoms with van der Waals surface area (Å²) < 4.78 is 45.8. The van der Waals surface area contributed by atoms with Crippen molar-refractivity contribution in [2.75, 3.05) is 18.5 Å². The predicted octanol–water partition coefficient (Wildman–Crippen LogP) is 4.98. The van der Waals surface area contributed by atoms with Gasteiger partial charge >= 0.3 is 12.2 Å².